The van der Waals surface area contributed by atoms with Gasteiger partial charge in [-0.3, -0.25) is 9.59 Å². The van der Waals surface area contributed by atoms with Crippen LogP contribution in [0.2, 0.25) is 0 Å². The fourth-order valence-corrected chi connectivity index (χ4v) is 5.27. The summed E-state index contributed by atoms with van der Waals surface area (Å²) in [6, 6.07) is 6.30. The lowest BCUT2D eigenvalue weighted by atomic mass is 9.90. The van der Waals surface area contributed by atoms with Crippen molar-refractivity contribution in [3.8, 4) is 17.0 Å². The molecular weight excluding hydrogens is 494 g/mol. The quantitative estimate of drug-likeness (QED) is 0.323. The second-order valence-electron chi connectivity index (χ2n) is 11.4. The Morgan fingerprint density at radius 2 is 1.74 bits per heavy atom. The SMILES string of the molecule is Cc1[nH]c2c(-c3cc(C(C)C)ccc3OCC3CC3)ncnc2c1C(=O)N[C@H]1CC[C@H](NC(=O)[C@H](C)O)CC1. The molecule has 39 heavy (non-hydrogen) atoms. The molecule has 2 amide bonds. The largest absolute Gasteiger partial charge is 0.493 e. The van der Waals surface area contributed by atoms with Crippen LogP contribution in [0.1, 0.15) is 86.8 Å². The van der Waals surface area contributed by atoms with Crippen LogP contribution in [-0.2, 0) is 4.79 Å². The van der Waals surface area contributed by atoms with Crippen LogP contribution < -0.4 is 15.4 Å². The molecule has 4 N–H and O–H groups in total. The van der Waals surface area contributed by atoms with E-state index < -0.39 is 6.10 Å². The number of hydrogen-bond donors (Lipinski definition) is 4. The van der Waals surface area contributed by atoms with Gasteiger partial charge in [-0.1, -0.05) is 19.9 Å². The minimum atomic E-state index is -1.02. The molecule has 2 aromatic heterocycles. The Morgan fingerprint density at radius 1 is 1.05 bits per heavy atom. The summed E-state index contributed by atoms with van der Waals surface area (Å²) in [4.78, 5) is 37.8. The van der Waals surface area contributed by atoms with Gasteiger partial charge in [-0.15, -0.1) is 0 Å². The zero-order chi connectivity index (χ0) is 27.7. The first-order valence-electron chi connectivity index (χ1n) is 14.1. The number of rotatable bonds is 9. The van der Waals surface area contributed by atoms with E-state index in [2.05, 4.69) is 51.6 Å². The fourth-order valence-electron chi connectivity index (χ4n) is 5.27. The van der Waals surface area contributed by atoms with E-state index in [9.17, 15) is 14.7 Å². The van der Waals surface area contributed by atoms with Gasteiger partial charge < -0.3 is 25.5 Å². The smallest absolute Gasteiger partial charge is 0.255 e. The molecule has 2 heterocycles. The highest BCUT2D eigenvalue weighted by molar-refractivity contribution is 6.09. The molecule has 208 valence electrons. The molecular formula is C30H39N5O4. The van der Waals surface area contributed by atoms with E-state index in [4.69, 9.17) is 4.74 Å². The number of nitrogens with zero attached hydrogens (tertiary/aromatic N) is 2. The first-order valence-corrected chi connectivity index (χ1v) is 14.1. The van der Waals surface area contributed by atoms with Crippen molar-refractivity contribution in [2.45, 2.75) is 90.3 Å². The van der Waals surface area contributed by atoms with E-state index in [0.717, 1.165) is 53.9 Å². The molecule has 1 aromatic carbocycles. The van der Waals surface area contributed by atoms with Gasteiger partial charge in [0.15, 0.2) is 0 Å². The summed E-state index contributed by atoms with van der Waals surface area (Å²) in [6.45, 7) is 8.37. The van der Waals surface area contributed by atoms with E-state index >= 15 is 0 Å². The number of amides is 2. The molecule has 0 radical (unpaired) electrons. The molecule has 0 saturated heterocycles. The average Bonchev–Trinajstić information content (AvgIpc) is 3.67. The highest BCUT2D eigenvalue weighted by atomic mass is 16.5. The number of aromatic amines is 1. The molecule has 0 aliphatic heterocycles. The van der Waals surface area contributed by atoms with Crippen LogP contribution in [0.5, 0.6) is 5.75 Å². The van der Waals surface area contributed by atoms with Crippen LogP contribution >= 0.6 is 0 Å². The van der Waals surface area contributed by atoms with E-state index in [1.807, 2.05) is 13.0 Å². The monoisotopic (exact) mass is 533 g/mol. The van der Waals surface area contributed by atoms with Gasteiger partial charge in [-0.25, -0.2) is 9.97 Å². The first-order chi connectivity index (χ1) is 18.7. The molecule has 9 nitrogen and oxygen atoms in total. The molecule has 0 spiro atoms. The van der Waals surface area contributed by atoms with E-state index in [-0.39, 0.29) is 23.9 Å². The predicted octanol–water partition coefficient (Wildman–Crippen LogP) is 4.38. The minimum Gasteiger partial charge on any atom is -0.493 e. The van der Waals surface area contributed by atoms with Crippen molar-refractivity contribution in [1.82, 2.24) is 25.6 Å². The van der Waals surface area contributed by atoms with Gasteiger partial charge in [0.25, 0.3) is 5.91 Å². The molecule has 1 atom stereocenters. The Balaban J connectivity index is 1.38. The molecule has 2 fully saturated rings. The highest BCUT2D eigenvalue weighted by Gasteiger charge is 2.28. The molecule has 9 heteroatoms. The van der Waals surface area contributed by atoms with Crippen molar-refractivity contribution in [2.24, 2.45) is 5.92 Å². The number of nitrogens with one attached hydrogen (secondary N) is 3. The van der Waals surface area contributed by atoms with Gasteiger partial charge in [0, 0.05) is 23.3 Å². The topological polar surface area (TPSA) is 129 Å². The van der Waals surface area contributed by atoms with Gasteiger partial charge in [0.05, 0.1) is 17.7 Å². The van der Waals surface area contributed by atoms with Crippen LogP contribution in [0, 0.1) is 12.8 Å². The summed E-state index contributed by atoms with van der Waals surface area (Å²) in [5, 5.41) is 15.5. The number of carbonyl (C=O) groups excluding carboxylic acids is 2. The van der Waals surface area contributed by atoms with Crippen molar-refractivity contribution in [3.63, 3.8) is 0 Å². The summed E-state index contributed by atoms with van der Waals surface area (Å²) in [6.07, 6.45) is 5.92. The van der Waals surface area contributed by atoms with Gasteiger partial charge in [-0.2, -0.15) is 0 Å². The molecule has 0 bridgehead atoms. The van der Waals surface area contributed by atoms with Crippen molar-refractivity contribution >= 4 is 22.8 Å². The number of fused-ring (bicyclic) bond motifs is 1. The molecule has 5 rings (SSSR count). The van der Waals surface area contributed by atoms with Gasteiger partial charge in [0.2, 0.25) is 5.91 Å². The number of hydrogen-bond acceptors (Lipinski definition) is 6. The maximum absolute atomic E-state index is 13.5. The Kier molecular flexibility index (Phi) is 7.88. The van der Waals surface area contributed by atoms with Crippen LogP contribution in [-0.4, -0.2) is 56.7 Å². The third kappa shape index (κ3) is 6.08. The number of carbonyl (C=O) groups is 2. The molecule has 3 aromatic rings. The fraction of sp³-hybridized carbons (Fsp3) is 0.533. The lowest BCUT2D eigenvalue weighted by molar-refractivity contribution is -0.129. The van der Waals surface area contributed by atoms with Gasteiger partial charge in [0.1, 0.15) is 29.4 Å². The number of aryl methyl sites for hydroxylation is 1. The number of aromatic nitrogens is 3. The van der Waals surface area contributed by atoms with E-state index in [1.54, 1.807) is 0 Å². The number of aliphatic hydroxyl groups excluding tert-OH is 1. The Morgan fingerprint density at radius 3 is 2.38 bits per heavy atom. The molecule has 2 aliphatic carbocycles. The maximum Gasteiger partial charge on any atom is 0.255 e. The third-order valence-corrected chi connectivity index (χ3v) is 7.88. The first kappa shape index (κ1) is 27.1. The number of benzene rings is 1. The summed E-state index contributed by atoms with van der Waals surface area (Å²) >= 11 is 0. The Labute approximate surface area is 229 Å². The van der Waals surface area contributed by atoms with E-state index in [0.29, 0.717) is 29.5 Å². The van der Waals surface area contributed by atoms with Crippen molar-refractivity contribution < 1.29 is 19.4 Å². The van der Waals surface area contributed by atoms with Crippen molar-refractivity contribution in [1.29, 1.82) is 0 Å². The third-order valence-electron chi connectivity index (χ3n) is 7.88. The number of aliphatic hydroxyl groups is 1. The zero-order valence-corrected chi connectivity index (χ0v) is 23.2. The standard InChI is InChI=1S/C30H39N5O4/c1-16(2)20-7-12-24(39-14-19-5-6-19)23(13-20)26-28-27(32-15-31-26)25(17(3)33-28)30(38)35-22-10-8-21(9-11-22)34-29(37)18(4)36/h7,12-13,15-16,18-19,21-22,33,36H,5-6,8-11,14H2,1-4H3,(H,34,37)(H,35,38)/t18-,21-,22-/m0/s1. The van der Waals surface area contributed by atoms with Crippen LogP contribution in [0.4, 0.5) is 0 Å². The Hall–Kier alpha value is -3.46. The number of ether oxygens (including phenoxy) is 1. The highest BCUT2D eigenvalue weighted by Crippen LogP contribution is 2.38. The Bertz CT molecular complexity index is 1350. The molecule has 2 aliphatic rings. The van der Waals surface area contributed by atoms with Crippen molar-refractivity contribution in [3.05, 3.63) is 41.3 Å². The van der Waals surface area contributed by atoms with Gasteiger partial charge >= 0.3 is 0 Å². The van der Waals surface area contributed by atoms with E-state index in [1.165, 1.54) is 31.7 Å². The minimum absolute atomic E-state index is 0.00742. The normalized spacial score (nSPS) is 20.2. The lowest BCUT2D eigenvalue weighted by Crippen LogP contribution is -2.46. The van der Waals surface area contributed by atoms with Crippen LogP contribution in [0.25, 0.3) is 22.3 Å². The van der Waals surface area contributed by atoms with Crippen molar-refractivity contribution in [2.75, 3.05) is 6.61 Å². The summed E-state index contributed by atoms with van der Waals surface area (Å²) in [7, 11) is 0. The summed E-state index contributed by atoms with van der Waals surface area (Å²) < 4.78 is 6.24. The van der Waals surface area contributed by atoms with Crippen LogP contribution in [0.15, 0.2) is 24.5 Å². The lowest BCUT2D eigenvalue weighted by Gasteiger charge is -2.30. The van der Waals surface area contributed by atoms with Crippen LogP contribution in [0.3, 0.4) is 0 Å². The predicted molar refractivity (Wildman–Crippen MR) is 150 cm³/mol. The molecule has 2 saturated carbocycles. The number of H-pyrrole nitrogens is 1. The second kappa shape index (κ2) is 11.3. The average molecular weight is 534 g/mol. The molecule has 0 unspecified atom stereocenters. The zero-order valence-electron chi connectivity index (χ0n) is 23.2. The second-order valence-corrected chi connectivity index (χ2v) is 11.4. The summed E-state index contributed by atoms with van der Waals surface area (Å²) in [5.41, 5.74) is 5.40. The van der Waals surface area contributed by atoms with Gasteiger partial charge in [-0.05, 0) is 81.9 Å². The summed E-state index contributed by atoms with van der Waals surface area (Å²) in [5.74, 6) is 1.25. The maximum atomic E-state index is 13.5.